The first-order chi connectivity index (χ1) is 9.27. The summed E-state index contributed by atoms with van der Waals surface area (Å²) in [7, 11) is -0.346. The van der Waals surface area contributed by atoms with E-state index in [1.807, 2.05) is 18.2 Å². The van der Waals surface area contributed by atoms with Crippen LogP contribution in [0.2, 0.25) is 0 Å². The Labute approximate surface area is 122 Å². The number of rotatable bonds is 4. The number of benzene rings is 1. The summed E-state index contributed by atoms with van der Waals surface area (Å²) in [4.78, 5) is 0. The first-order valence-electron chi connectivity index (χ1n) is 7.16. The van der Waals surface area contributed by atoms with Crippen LogP contribution in [0.3, 0.4) is 0 Å². The van der Waals surface area contributed by atoms with E-state index in [1.165, 1.54) is 0 Å². The summed E-state index contributed by atoms with van der Waals surface area (Å²) in [5.41, 5.74) is 13.1. The third-order valence-corrected chi connectivity index (χ3v) is 4.35. The van der Waals surface area contributed by atoms with Crippen molar-refractivity contribution in [1.82, 2.24) is 0 Å². The first-order valence-corrected chi connectivity index (χ1v) is 7.16. The molecule has 1 unspecified atom stereocenters. The van der Waals surface area contributed by atoms with Crippen LogP contribution >= 0.6 is 0 Å². The van der Waals surface area contributed by atoms with Gasteiger partial charge in [-0.05, 0) is 45.1 Å². The molecule has 1 atom stereocenters. The van der Waals surface area contributed by atoms with Gasteiger partial charge in [-0.3, -0.25) is 0 Å². The van der Waals surface area contributed by atoms with Crippen LogP contribution in [0.5, 0.6) is 0 Å². The zero-order chi connectivity index (χ0) is 15.0. The number of nitrogens with two attached hydrogens (primary N) is 2. The molecular weight excluding hydrogens is 251 g/mol. The normalized spacial score (nSPS) is 22.0. The lowest BCUT2D eigenvalue weighted by Gasteiger charge is -2.32. The van der Waals surface area contributed by atoms with Crippen molar-refractivity contribution in [2.24, 2.45) is 11.5 Å². The van der Waals surface area contributed by atoms with Gasteiger partial charge in [-0.25, -0.2) is 0 Å². The van der Waals surface area contributed by atoms with Gasteiger partial charge < -0.3 is 20.8 Å². The van der Waals surface area contributed by atoms with Crippen LogP contribution in [0.4, 0.5) is 0 Å². The maximum atomic E-state index is 6.11. The average molecular weight is 276 g/mol. The highest BCUT2D eigenvalue weighted by Gasteiger charge is 2.52. The summed E-state index contributed by atoms with van der Waals surface area (Å²) in [5, 5.41) is 0. The Morgan fingerprint density at radius 3 is 2.20 bits per heavy atom. The highest BCUT2D eigenvalue weighted by atomic mass is 16.7. The lowest BCUT2D eigenvalue weighted by atomic mass is 9.75. The van der Waals surface area contributed by atoms with E-state index in [1.54, 1.807) is 0 Å². The van der Waals surface area contributed by atoms with Crippen molar-refractivity contribution in [2.45, 2.75) is 51.4 Å². The van der Waals surface area contributed by atoms with Crippen LogP contribution in [0.25, 0.3) is 0 Å². The molecule has 110 valence electrons. The molecule has 0 aliphatic carbocycles. The van der Waals surface area contributed by atoms with Crippen molar-refractivity contribution in [2.75, 3.05) is 6.54 Å². The predicted octanol–water partition coefficient (Wildman–Crippen LogP) is 0.814. The van der Waals surface area contributed by atoms with Crippen molar-refractivity contribution in [1.29, 1.82) is 0 Å². The first kappa shape index (κ1) is 15.5. The fourth-order valence-electron chi connectivity index (χ4n) is 2.29. The maximum Gasteiger partial charge on any atom is 0.495 e. The third-order valence-electron chi connectivity index (χ3n) is 4.35. The van der Waals surface area contributed by atoms with Gasteiger partial charge >= 0.3 is 7.12 Å². The second-order valence-corrected chi connectivity index (χ2v) is 6.49. The van der Waals surface area contributed by atoms with E-state index in [0.717, 1.165) is 17.4 Å². The second-order valence-electron chi connectivity index (χ2n) is 6.49. The molecule has 1 fully saturated rings. The molecule has 1 aromatic rings. The van der Waals surface area contributed by atoms with Gasteiger partial charge in [0.2, 0.25) is 0 Å². The van der Waals surface area contributed by atoms with Crippen LogP contribution < -0.4 is 16.9 Å². The number of hydrogen-bond acceptors (Lipinski definition) is 4. The highest BCUT2D eigenvalue weighted by Crippen LogP contribution is 2.36. The van der Waals surface area contributed by atoms with E-state index in [9.17, 15) is 0 Å². The Hall–Kier alpha value is -0.875. The minimum atomic E-state index is -0.346. The third kappa shape index (κ3) is 2.91. The topological polar surface area (TPSA) is 70.5 Å². The van der Waals surface area contributed by atoms with Crippen LogP contribution in [0, 0.1) is 0 Å². The molecule has 0 aromatic heterocycles. The summed E-state index contributed by atoms with van der Waals surface area (Å²) in [6, 6.07) is 8.07. The van der Waals surface area contributed by atoms with Gasteiger partial charge in [-0.2, -0.15) is 0 Å². The van der Waals surface area contributed by atoms with Gasteiger partial charge in [0.05, 0.1) is 11.2 Å². The van der Waals surface area contributed by atoms with Crippen molar-refractivity contribution < 1.29 is 9.31 Å². The molecule has 1 aromatic carbocycles. The molecule has 1 heterocycles. The molecule has 5 heteroatoms. The van der Waals surface area contributed by atoms with Crippen molar-refractivity contribution in [3.63, 3.8) is 0 Å². The van der Waals surface area contributed by atoms with Gasteiger partial charge in [0.25, 0.3) is 0 Å². The minimum absolute atomic E-state index is 0.0430. The minimum Gasteiger partial charge on any atom is -0.399 e. The van der Waals surface area contributed by atoms with Crippen LogP contribution in [-0.4, -0.2) is 30.9 Å². The molecule has 1 saturated heterocycles. The van der Waals surface area contributed by atoms with Gasteiger partial charge in [0, 0.05) is 12.6 Å². The smallest absolute Gasteiger partial charge is 0.399 e. The molecule has 20 heavy (non-hydrogen) atoms. The van der Waals surface area contributed by atoms with E-state index in [0.29, 0.717) is 6.54 Å². The monoisotopic (exact) mass is 276 g/mol. The summed E-state index contributed by atoms with van der Waals surface area (Å²) in [6.45, 7) is 8.70. The molecule has 0 amide bonds. The van der Waals surface area contributed by atoms with Crippen molar-refractivity contribution >= 4 is 12.6 Å². The van der Waals surface area contributed by atoms with Crippen LogP contribution in [0.15, 0.2) is 24.3 Å². The Morgan fingerprint density at radius 2 is 1.65 bits per heavy atom. The Bertz CT molecular complexity index is 461. The van der Waals surface area contributed by atoms with Gasteiger partial charge in [0.15, 0.2) is 0 Å². The second kappa shape index (κ2) is 5.49. The van der Waals surface area contributed by atoms with E-state index >= 15 is 0 Å². The summed E-state index contributed by atoms with van der Waals surface area (Å²) >= 11 is 0. The van der Waals surface area contributed by atoms with E-state index in [2.05, 4.69) is 33.8 Å². The molecule has 0 spiro atoms. The van der Waals surface area contributed by atoms with Gasteiger partial charge in [-0.1, -0.05) is 24.3 Å². The highest BCUT2D eigenvalue weighted by molar-refractivity contribution is 6.62. The molecule has 4 nitrogen and oxygen atoms in total. The zero-order valence-corrected chi connectivity index (χ0v) is 12.8. The van der Waals surface area contributed by atoms with Crippen LogP contribution in [0.1, 0.15) is 33.3 Å². The maximum absolute atomic E-state index is 6.11. The van der Waals surface area contributed by atoms with E-state index < -0.39 is 0 Å². The lowest BCUT2D eigenvalue weighted by Crippen LogP contribution is -2.41. The predicted molar refractivity (Wildman–Crippen MR) is 82.9 cm³/mol. The zero-order valence-electron chi connectivity index (χ0n) is 12.8. The Kier molecular flexibility index (Phi) is 4.26. The van der Waals surface area contributed by atoms with Crippen molar-refractivity contribution in [3.05, 3.63) is 29.8 Å². The summed E-state index contributed by atoms with van der Waals surface area (Å²) in [5.74, 6) is 0. The quantitative estimate of drug-likeness (QED) is 0.799. The molecular formula is C15H25BN2O2. The SMILES string of the molecule is CC1(C)OB(c2ccccc2CC(N)CN)OC1(C)C. The Balaban J connectivity index is 2.26. The van der Waals surface area contributed by atoms with E-state index in [-0.39, 0.29) is 24.4 Å². The molecule has 0 bridgehead atoms. The fourth-order valence-corrected chi connectivity index (χ4v) is 2.29. The average Bonchev–Trinajstić information content (AvgIpc) is 2.59. The molecule has 1 aliphatic rings. The molecule has 0 saturated carbocycles. The molecule has 4 N–H and O–H groups in total. The summed E-state index contributed by atoms with van der Waals surface area (Å²) < 4.78 is 12.2. The molecule has 0 radical (unpaired) electrons. The van der Waals surface area contributed by atoms with Gasteiger partial charge in [0.1, 0.15) is 0 Å². The van der Waals surface area contributed by atoms with Crippen LogP contribution in [-0.2, 0) is 15.7 Å². The number of hydrogen-bond donors (Lipinski definition) is 2. The molecule has 1 aliphatic heterocycles. The fraction of sp³-hybridized carbons (Fsp3) is 0.600. The molecule has 2 rings (SSSR count). The van der Waals surface area contributed by atoms with Crippen molar-refractivity contribution in [3.8, 4) is 0 Å². The largest absolute Gasteiger partial charge is 0.495 e. The Morgan fingerprint density at radius 1 is 1.10 bits per heavy atom. The van der Waals surface area contributed by atoms with E-state index in [4.69, 9.17) is 20.8 Å². The lowest BCUT2D eigenvalue weighted by molar-refractivity contribution is 0.00578. The standard InChI is InChI=1S/C15H25BN2O2/c1-14(2)15(3,4)20-16(19-14)13-8-6-5-7-11(13)9-12(18)10-17/h5-8,12H,9-10,17-18H2,1-4H3. The van der Waals surface area contributed by atoms with Gasteiger partial charge in [-0.15, -0.1) is 0 Å². The summed E-state index contributed by atoms with van der Waals surface area (Å²) in [6.07, 6.45) is 0.733.